The van der Waals surface area contributed by atoms with E-state index in [0.29, 0.717) is 36.0 Å². The molecule has 0 N–H and O–H groups in total. The van der Waals surface area contributed by atoms with Gasteiger partial charge in [-0.2, -0.15) is 0 Å². The molecule has 0 fully saturated rings. The first-order valence-corrected chi connectivity index (χ1v) is 7.37. The Kier molecular flexibility index (Phi) is 4.37. The van der Waals surface area contributed by atoms with Crippen molar-refractivity contribution in [1.29, 1.82) is 0 Å². The van der Waals surface area contributed by atoms with Crippen LogP contribution in [0.2, 0.25) is 0 Å². The van der Waals surface area contributed by atoms with Gasteiger partial charge in [-0.25, -0.2) is 4.79 Å². The molecule has 0 radical (unpaired) electrons. The lowest BCUT2D eigenvalue weighted by atomic mass is 10.1. The Labute approximate surface area is 134 Å². The molecule has 0 bridgehead atoms. The van der Waals surface area contributed by atoms with Crippen LogP contribution in [0.4, 0.5) is 0 Å². The minimum absolute atomic E-state index is 0.218. The van der Waals surface area contributed by atoms with E-state index in [9.17, 15) is 4.79 Å². The summed E-state index contributed by atoms with van der Waals surface area (Å²) in [5.41, 5.74) is 2.48. The number of rotatable bonds is 4. The summed E-state index contributed by atoms with van der Waals surface area (Å²) in [6, 6.07) is 11.1. The molecular weight excluding hydrogens is 296 g/mol. The van der Waals surface area contributed by atoms with Crippen molar-refractivity contribution in [2.75, 3.05) is 20.3 Å². The van der Waals surface area contributed by atoms with Gasteiger partial charge in [0.25, 0.3) is 0 Å². The molecule has 0 saturated carbocycles. The first-order chi connectivity index (χ1) is 11.2. The van der Waals surface area contributed by atoms with Crippen molar-refractivity contribution in [3.63, 3.8) is 0 Å². The van der Waals surface area contributed by atoms with Crippen LogP contribution >= 0.6 is 0 Å². The number of esters is 1. The monoisotopic (exact) mass is 314 g/mol. The molecule has 0 spiro atoms. The number of fused-ring (bicyclic) bond motifs is 1. The van der Waals surface area contributed by atoms with E-state index in [-0.39, 0.29) is 6.61 Å². The maximum atomic E-state index is 12.3. The van der Waals surface area contributed by atoms with Gasteiger partial charge in [0.15, 0.2) is 11.5 Å². The highest BCUT2D eigenvalue weighted by atomic mass is 16.6. The highest BCUT2D eigenvalue weighted by molar-refractivity contribution is 5.91. The molecule has 0 unspecified atom stereocenters. The van der Waals surface area contributed by atoms with E-state index in [1.165, 1.54) is 7.11 Å². The molecule has 0 atom stereocenters. The fourth-order valence-electron chi connectivity index (χ4n) is 2.31. The second kappa shape index (κ2) is 6.60. The topological polar surface area (TPSA) is 54.0 Å². The summed E-state index contributed by atoms with van der Waals surface area (Å²) in [5.74, 6) is 1.05. The van der Waals surface area contributed by atoms with Crippen molar-refractivity contribution < 1.29 is 23.7 Å². The zero-order valence-corrected chi connectivity index (χ0v) is 13.1. The fraction of sp³-hybridized carbons (Fsp3) is 0.278. The quantitative estimate of drug-likeness (QED) is 0.812. The molecule has 1 heterocycles. The third kappa shape index (κ3) is 3.39. The second-order valence-corrected chi connectivity index (χ2v) is 5.26. The Bertz CT molecular complexity index is 689. The Morgan fingerprint density at radius 3 is 2.61 bits per heavy atom. The van der Waals surface area contributed by atoms with Crippen molar-refractivity contribution in [3.8, 4) is 17.2 Å². The molecule has 5 nitrogen and oxygen atoms in total. The predicted octanol–water partition coefficient (Wildman–Crippen LogP) is 3.13. The van der Waals surface area contributed by atoms with E-state index < -0.39 is 5.97 Å². The lowest BCUT2D eigenvalue weighted by Gasteiger charge is -2.21. The summed E-state index contributed by atoms with van der Waals surface area (Å²) in [6.45, 7) is 3.13. The number of methoxy groups -OCH3 is 1. The predicted molar refractivity (Wildman–Crippen MR) is 84.3 cm³/mol. The zero-order chi connectivity index (χ0) is 16.2. The van der Waals surface area contributed by atoms with Gasteiger partial charge in [0, 0.05) is 0 Å². The van der Waals surface area contributed by atoms with Gasteiger partial charge in [0.1, 0.15) is 19.8 Å². The zero-order valence-electron chi connectivity index (χ0n) is 13.1. The van der Waals surface area contributed by atoms with Crippen molar-refractivity contribution >= 4 is 5.97 Å². The van der Waals surface area contributed by atoms with Gasteiger partial charge < -0.3 is 18.9 Å². The van der Waals surface area contributed by atoms with E-state index in [4.69, 9.17) is 18.9 Å². The van der Waals surface area contributed by atoms with Gasteiger partial charge in [0.05, 0.1) is 12.7 Å². The van der Waals surface area contributed by atoms with Crippen LogP contribution in [0.1, 0.15) is 21.5 Å². The smallest absolute Gasteiger partial charge is 0.338 e. The van der Waals surface area contributed by atoms with Gasteiger partial charge >= 0.3 is 5.97 Å². The van der Waals surface area contributed by atoms with Gasteiger partial charge in [-0.05, 0) is 24.6 Å². The lowest BCUT2D eigenvalue weighted by Crippen LogP contribution is -2.17. The van der Waals surface area contributed by atoms with E-state index in [1.54, 1.807) is 12.1 Å². The fourth-order valence-corrected chi connectivity index (χ4v) is 2.31. The molecule has 1 aliphatic rings. The second-order valence-electron chi connectivity index (χ2n) is 5.26. The van der Waals surface area contributed by atoms with Gasteiger partial charge in [-0.3, -0.25) is 0 Å². The van der Waals surface area contributed by atoms with Crippen molar-refractivity contribution in [1.82, 2.24) is 0 Å². The molecule has 0 saturated heterocycles. The van der Waals surface area contributed by atoms with Crippen LogP contribution in [0.25, 0.3) is 0 Å². The number of hydrogen-bond acceptors (Lipinski definition) is 5. The normalized spacial score (nSPS) is 12.6. The average Bonchev–Trinajstić information content (AvgIpc) is 2.60. The van der Waals surface area contributed by atoms with E-state index >= 15 is 0 Å². The minimum Gasteiger partial charge on any atom is -0.493 e. The van der Waals surface area contributed by atoms with E-state index in [2.05, 4.69) is 0 Å². The molecule has 2 aromatic carbocycles. The lowest BCUT2D eigenvalue weighted by molar-refractivity contribution is 0.0471. The van der Waals surface area contributed by atoms with Crippen LogP contribution in [-0.2, 0) is 11.3 Å². The maximum absolute atomic E-state index is 12.3. The van der Waals surface area contributed by atoms with Gasteiger partial charge in [-0.15, -0.1) is 0 Å². The average molecular weight is 314 g/mol. The van der Waals surface area contributed by atoms with Crippen molar-refractivity contribution in [3.05, 3.63) is 53.1 Å². The van der Waals surface area contributed by atoms with Crippen LogP contribution in [0.15, 0.2) is 36.4 Å². The summed E-state index contributed by atoms with van der Waals surface area (Å²) < 4.78 is 21.7. The van der Waals surface area contributed by atoms with Crippen molar-refractivity contribution in [2.24, 2.45) is 0 Å². The standard InChI is InChI=1S/C18H18O5/c1-12-3-5-13(6-4-12)11-23-18(19)14-9-15(20-2)17-16(10-14)21-7-8-22-17/h3-6,9-10H,7-8,11H2,1-2H3. The summed E-state index contributed by atoms with van der Waals surface area (Å²) in [6.07, 6.45) is 0. The maximum Gasteiger partial charge on any atom is 0.338 e. The highest BCUT2D eigenvalue weighted by Gasteiger charge is 2.21. The number of hydrogen-bond donors (Lipinski definition) is 0. The third-order valence-corrected chi connectivity index (χ3v) is 3.55. The Morgan fingerprint density at radius 2 is 1.87 bits per heavy atom. The van der Waals surface area contributed by atoms with Crippen LogP contribution in [0.5, 0.6) is 17.2 Å². The molecule has 2 aromatic rings. The molecule has 0 aromatic heterocycles. The van der Waals surface area contributed by atoms with Crippen LogP contribution in [-0.4, -0.2) is 26.3 Å². The van der Waals surface area contributed by atoms with Gasteiger partial charge in [0.2, 0.25) is 5.75 Å². The van der Waals surface area contributed by atoms with E-state index in [1.807, 2.05) is 31.2 Å². The summed E-state index contributed by atoms with van der Waals surface area (Å²) in [7, 11) is 1.52. The largest absolute Gasteiger partial charge is 0.493 e. The molecule has 23 heavy (non-hydrogen) atoms. The minimum atomic E-state index is -0.430. The van der Waals surface area contributed by atoms with E-state index in [0.717, 1.165) is 11.1 Å². The number of aryl methyl sites for hydroxylation is 1. The summed E-state index contributed by atoms with van der Waals surface area (Å²) in [4.78, 5) is 12.3. The van der Waals surface area contributed by atoms with Crippen LogP contribution in [0, 0.1) is 6.92 Å². The third-order valence-electron chi connectivity index (χ3n) is 3.55. The summed E-state index contributed by atoms with van der Waals surface area (Å²) >= 11 is 0. The summed E-state index contributed by atoms with van der Waals surface area (Å²) in [5, 5.41) is 0. The van der Waals surface area contributed by atoms with Gasteiger partial charge in [-0.1, -0.05) is 29.8 Å². The molecule has 0 aliphatic carbocycles. The number of ether oxygens (including phenoxy) is 4. The van der Waals surface area contributed by atoms with Crippen molar-refractivity contribution in [2.45, 2.75) is 13.5 Å². The Morgan fingerprint density at radius 1 is 1.13 bits per heavy atom. The molecule has 0 amide bonds. The van der Waals surface area contributed by atoms with Crippen LogP contribution < -0.4 is 14.2 Å². The number of benzene rings is 2. The first kappa shape index (κ1) is 15.2. The SMILES string of the molecule is COc1cc(C(=O)OCc2ccc(C)cc2)cc2c1OCCO2. The number of carbonyl (C=O) groups is 1. The molecule has 5 heteroatoms. The Balaban J connectivity index is 1.75. The molecular formula is C18H18O5. The molecule has 3 rings (SSSR count). The molecule has 120 valence electrons. The number of carbonyl (C=O) groups excluding carboxylic acids is 1. The Hall–Kier alpha value is -2.69. The highest BCUT2D eigenvalue weighted by Crippen LogP contribution is 2.40. The first-order valence-electron chi connectivity index (χ1n) is 7.37. The molecule has 1 aliphatic heterocycles. The van der Waals surface area contributed by atoms with Crippen LogP contribution in [0.3, 0.4) is 0 Å².